The van der Waals surface area contributed by atoms with Gasteiger partial charge in [-0.15, -0.1) is 0 Å². The van der Waals surface area contributed by atoms with Crippen LogP contribution in [-0.2, 0) is 9.59 Å². The number of halogens is 1. The van der Waals surface area contributed by atoms with Gasteiger partial charge in [0, 0.05) is 40.2 Å². The first kappa shape index (κ1) is 23.0. The Morgan fingerprint density at radius 1 is 0.943 bits per heavy atom. The Balaban J connectivity index is 0.000000178. The molecule has 2 amide bonds. The Hall–Kier alpha value is -3.77. The van der Waals surface area contributed by atoms with Crippen molar-refractivity contribution in [3.63, 3.8) is 0 Å². The van der Waals surface area contributed by atoms with Crippen LogP contribution in [0.3, 0.4) is 0 Å². The first-order valence-electron chi connectivity index (χ1n) is 11.7. The molecule has 0 unspecified atom stereocenters. The highest BCUT2D eigenvalue weighted by molar-refractivity contribution is 6.32. The molecule has 3 aromatic carbocycles. The minimum absolute atomic E-state index is 0.0591. The molecule has 0 radical (unpaired) electrons. The van der Waals surface area contributed by atoms with Gasteiger partial charge < -0.3 is 10.2 Å². The van der Waals surface area contributed by atoms with Crippen molar-refractivity contribution >= 4 is 46.7 Å². The number of amides is 2. The van der Waals surface area contributed by atoms with Crippen LogP contribution in [0.25, 0.3) is 0 Å². The average Bonchev–Trinajstić information content (AvgIpc) is 3.71. The van der Waals surface area contributed by atoms with Gasteiger partial charge in [0.05, 0.1) is 11.4 Å². The number of carbonyl (C=O) groups excluding carboxylic acids is 2. The van der Waals surface area contributed by atoms with Crippen LogP contribution < -0.4 is 10.2 Å². The molecule has 7 heteroatoms. The van der Waals surface area contributed by atoms with Gasteiger partial charge in [-0.05, 0) is 43.0 Å². The molecule has 0 atom stereocenters. The summed E-state index contributed by atoms with van der Waals surface area (Å²) in [5.41, 5.74) is 5.51. The predicted octanol–water partition coefficient (Wildman–Crippen LogP) is 4.99. The van der Waals surface area contributed by atoms with E-state index in [0.29, 0.717) is 10.9 Å². The molecule has 0 spiro atoms. The molecule has 0 saturated heterocycles. The van der Waals surface area contributed by atoms with Crippen LogP contribution in [0.4, 0.5) is 11.4 Å². The Morgan fingerprint density at radius 2 is 1.71 bits per heavy atom. The largest absolute Gasteiger partial charge is 0.324 e. The molecule has 35 heavy (non-hydrogen) atoms. The number of nitrogens with zero attached hydrogens (tertiary/aromatic N) is 3. The van der Waals surface area contributed by atoms with Gasteiger partial charge in [-0.1, -0.05) is 60.1 Å². The lowest BCUT2D eigenvalue weighted by Gasteiger charge is -2.23. The Labute approximate surface area is 209 Å². The van der Waals surface area contributed by atoms with Crippen LogP contribution in [0.15, 0.2) is 82.8 Å². The molecular weight excluding hydrogens is 460 g/mol. The molecule has 3 aromatic rings. The SMILES string of the molecule is O=C1CN=C(c2ccccc2)c2cc(Cl)ccc2N1CC1CC1.O=C1CN=Cc2ccccc2N1. The second-order valence-electron chi connectivity index (χ2n) is 8.75. The highest BCUT2D eigenvalue weighted by Gasteiger charge is 2.31. The molecular formula is C28H25ClN4O2. The van der Waals surface area contributed by atoms with Crippen LogP contribution >= 0.6 is 11.6 Å². The number of hydrogen-bond acceptors (Lipinski definition) is 4. The number of carbonyl (C=O) groups is 2. The van der Waals surface area contributed by atoms with Gasteiger partial charge in [-0.25, -0.2) is 0 Å². The molecule has 1 fully saturated rings. The van der Waals surface area contributed by atoms with Crippen LogP contribution in [0.2, 0.25) is 5.02 Å². The third-order valence-corrected chi connectivity index (χ3v) is 6.30. The lowest BCUT2D eigenvalue weighted by molar-refractivity contribution is -0.117. The summed E-state index contributed by atoms with van der Waals surface area (Å²) in [6.45, 7) is 1.18. The van der Waals surface area contributed by atoms with Gasteiger partial charge in [0.1, 0.15) is 13.1 Å². The predicted molar refractivity (Wildman–Crippen MR) is 141 cm³/mol. The third kappa shape index (κ3) is 5.49. The van der Waals surface area contributed by atoms with E-state index in [1.54, 1.807) is 6.21 Å². The first-order valence-corrected chi connectivity index (χ1v) is 12.0. The first-order chi connectivity index (χ1) is 17.1. The normalized spacial score (nSPS) is 16.6. The van der Waals surface area contributed by atoms with Crippen LogP contribution in [0, 0.1) is 5.92 Å². The van der Waals surface area contributed by atoms with E-state index in [2.05, 4.69) is 15.3 Å². The maximum absolute atomic E-state index is 12.6. The fourth-order valence-electron chi connectivity index (χ4n) is 4.13. The van der Waals surface area contributed by atoms with Crippen molar-refractivity contribution < 1.29 is 9.59 Å². The number of benzene rings is 3. The summed E-state index contributed by atoms with van der Waals surface area (Å²) in [4.78, 5) is 34.1. The third-order valence-electron chi connectivity index (χ3n) is 6.06. The van der Waals surface area contributed by atoms with E-state index in [9.17, 15) is 9.59 Å². The van der Waals surface area contributed by atoms with Crippen molar-refractivity contribution in [3.8, 4) is 0 Å². The maximum Gasteiger partial charge on any atom is 0.248 e. The number of rotatable bonds is 3. The fourth-order valence-corrected chi connectivity index (χ4v) is 4.30. The molecule has 6 rings (SSSR count). The minimum Gasteiger partial charge on any atom is -0.324 e. The van der Waals surface area contributed by atoms with Gasteiger partial charge in [0.15, 0.2) is 0 Å². The van der Waals surface area contributed by atoms with E-state index in [4.69, 9.17) is 11.6 Å². The number of para-hydroxylation sites is 1. The highest BCUT2D eigenvalue weighted by Crippen LogP contribution is 2.35. The Bertz CT molecular complexity index is 1320. The van der Waals surface area contributed by atoms with Crippen LogP contribution in [0.5, 0.6) is 0 Å². The van der Waals surface area contributed by atoms with Crippen molar-refractivity contribution in [2.75, 3.05) is 29.9 Å². The van der Waals surface area contributed by atoms with Crippen molar-refractivity contribution in [1.29, 1.82) is 0 Å². The molecule has 176 valence electrons. The molecule has 2 heterocycles. The number of hydrogen-bond donors (Lipinski definition) is 1. The fraction of sp³-hybridized carbons (Fsp3) is 0.214. The summed E-state index contributed by atoms with van der Waals surface area (Å²) in [5, 5.41) is 3.42. The molecule has 0 bridgehead atoms. The van der Waals surface area contributed by atoms with E-state index < -0.39 is 0 Å². The van der Waals surface area contributed by atoms with E-state index in [0.717, 1.165) is 40.3 Å². The van der Waals surface area contributed by atoms with Gasteiger partial charge >= 0.3 is 0 Å². The topological polar surface area (TPSA) is 74.1 Å². The summed E-state index contributed by atoms with van der Waals surface area (Å²) in [7, 11) is 0. The summed E-state index contributed by atoms with van der Waals surface area (Å²) in [6, 6.07) is 23.3. The monoisotopic (exact) mass is 484 g/mol. The van der Waals surface area contributed by atoms with Gasteiger partial charge in [0.25, 0.3) is 0 Å². The van der Waals surface area contributed by atoms with E-state index >= 15 is 0 Å². The smallest absolute Gasteiger partial charge is 0.248 e. The minimum atomic E-state index is -0.0591. The summed E-state index contributed by atoms with van der Waals surface area (Å²) >= 11 is 6.23. The maximum atomic E-state index is 12.6. The quantitative estimate of drug-likeness (QED) is 0.568. The summed E-state index contributed by atoms with van der Waals surface area (Å²) in [5.74, 6) is 0.628. The molecule has 6 nitrogen and oxygen atoms in total. The number of benzodiazepines with no additional fused rings is 2. The van der Waals surface area contributed by atoms with Crippen molar-refractivity contribution in [2.24, 2.45) is 15.9 Å². The summed E-state index contributed by atoms with van der Waals surface area (Å²) in [6.07, 6.45) is 4.13. The summed E-state index contributed by atoms with van der Waals surface area (Å²) < 4.78 is 0. The van der Waals surface area contributed by atoms with Gasteiger partial charge in [-0.3, -0.25) is 19.6 Å². The zero-order chi connectivity index (χ0) is 24.2. The van der Waals surface area contributed by atoms with E-state index in [-0.39, 0.29) is 24.9 Å². The Kier molecular flexibility index (Phi) is 6.73. The van der Waals surface area contributed by atoms with Crippen molar-refractivity contribution in [3.05, 3.63) is 94.5 Å². The van der Waals surface area contributed by atoms with Crippen molar-refractivity contribution in [2.45, 2.75) is 12.8 Å². The standard InChI is InChI=1S/C19H17ClN2O.C9H8N2O/c20-15-8-9-17-16(10-15)19(14-4-2-1-3-5-14)21-11-18(23)22(17)12-13-6-7-13;12-9-6-10-5-7-3-1-2-4-8(7)11-9/h1-5,8-10,13H,6-7,11-12H2;1-5H,6H2,(H,11,12). The number of nitrogens with one attached hydrogen (secondary N) is 1. The molecule has 1 saturated carbocycles. The van der Waals surface area contributed by atoms with Crippen LogP contribution in [0.1, 0.15) is 29.5 Å². The molecule has 0 aromatic heterocycles. The molecule has 2 aliphatic heterocycles. The second kappa shape index (κ2) is 10.2. The number of aliphatic imine (C=N–C) groups is 2. The van der Waals surface area contributed by atoms with E-state index in [1.165, 1.54) is 12.8 Å². The number of anilines is 2. The highest BCUT2D eigenvalue weighted by atomic mass is 35.5. The van der Waals surface area contributed by atoms with Gasteiger partial charge in [0.2, 0.25) is 11.8 Å². The molecule has 3 aliphatic rings. The number of fused-ring (bicyclic) bond motifs is 2. The van der Waals surface area contributed by atoms with Crippen molar-refractivity contribution in [1.82, 2.24) is 0 Å². The Morgan fingerprint density at radius 3 is 2.51 bits per heavy atom. The van der Waals surface area contributed by atoms with Crippen LogP contribution in [-0.4, -0.2) is 43.4 Å². The lowest BCUT2D eigenvalue weighted by Crippen LogP contribution is -2.34. The zero-order valence-electron chi connectivity index (χ0n) is 19.2. The second-order valence-corrected chi connectivity index (χ2v) is 9.18. The van der Waals surface area contributed by atoms with Gasteiger partial charge in [-0.2, -0.15) is 0 Å². The lowest BCUT2D eigenvalue weighted by atomic mass is 10.00. The average molecular weight is 485 g/mol. The molecule has 1 N–H and O–H groups in total. The molecule has 1 aliphatic carbocycles. The zero-order valence-corrected chi connectivity index (χ0v) is 19.9. The van der Waals surface area contributed by atoms with E-state index in [1.807, 2.05) is 77.7 Å².